The Morgan fingerprint density at radius 1 is 1.56 bits per heavy atom. The topological polar surface area (TPSA) is 43.4 Å². The molecule has 0 aromatic carbocycles. The molecular weight excluding hydrogens is 120 g/mol. The van der Waals surface area contributed by atoms with Gasteiger partial charge in [-0.15, -0.1) is 0 Å². The molecule has 0 saturated carbocycles. The lowest BCUT2D eigenvalue weighted by Crippen LogP contribution is -1.83. The zero-order valence-corrected chi connectivity index (χ0v) is 5.37. The minimum Gasteiger partial charge on any atom is -0.464 e. The summed E-state index contributed by atoms with van der Waals surface area (Å²) in [5, 5.41) is 0. The van der Waals surface area contributed by atoms with Crippen molar-refractivity contribution in [3.8, 4) is 0 Å². The van der Waals surface area contributed by atoms with Crippen molar-refractivity contribution >= 4 is 12.8 Å². The van der Waals surface area contributed by atoms with Crippen LogP contribution in [0.2, 0.25) is 0 Å². The predicted molar refractivity (Wildman–Crippen MR) is 34.0 cm³/mol. The van der Waals surface area contributed by atoms with Gasteiger partial charge in [0.15, 0.2) is 0 Å². The zero-order valence-electron chi connectivity index (χ0n) is 5.37. The Labute approximate surface area is 54.3 Å². The first-order chi connectivity index (χ1) is 4.33. The largest absolute Gasteiger partial charge is 0.464 e. The van der Waals surface area contributed by atoms with Gasteiger partial charge in [0.1, 0.15) is 12.9 Å². The standard InChI is InChI=1S/C4H6O2.C2H4O/c1-2-3-6-4-5;1-2-3/h2,4H,1,3H2;2H,1H3. The fourth-order valence-corrected chi connectivity index (χ4v) is 0.107. The summed E-state index contributed by atoms with van der Waals surface area (Å²) in [6.45, 7) is 5.46. The molecule has 0 bridgehead atoms. The number of carbonyl (C=O) groups excluding carboxylic acids is 2. The average Bonchev–Trinajstić information content (AvgIpc) is 1.86. The summed E-state index contributed by atoms with van der Waals surface area (Å²) in [5.41, 5.74) is 0. The second kappa shape index (κ2) is 15.8. The molecule has 52 valence electrons. The van der Waals surface area contributed by atoms with Crippen LogP contribution in [-0.2, 0) is 14.3 Å². The molecule has 3 nitrogen and oxygen atoms in total. The number of hydrogen-bond acceptors (Lipinski definition) is 3. The molecular formula is C6H10O3. The Morgan fingerprint density at radius 3 is 2.11 bits per heavy atom. The first-order valence-corrected chi connectivity index (χ1v) is 2.39. The van der Waals surface area contributed by atoms with Gasteiger partial charge in [0.05, 0.1) is 0 Å². The lowest BCUT2D eigenvalue weighted by molar-refractivity contribution is -0.127. The molecule has 0 radical (unpaired) electrons. The van der Waals surface area contributed by atoms with Crippen LogP contribution in [0.1, 0.15) is 6.92 Å². The van der Waals surface area contributed by atoms with Crippen molar-refractivity contribution in [2.24, 2.45) is 0 Å². The highest BCUT2D eigenvalue weighted by atomic mass is 16.5. The van der Waals surface area contributed by atoms with Crippen molar-refractivity contribution in [3.05, 3.63) is 12.7 Å². The van der Waals surface area contributed by atoms with Gasteiger partial charge in [-0.25, -0.2) is 0 Å². The smallest absolute Gasteiger partial charge is 0.293 e. The van der Waals surface area contributed by atoms with Crippen molar-refractivity contribution in [2.45, 2.75) is 6.92 Å². The van der Waals surface area contributed by atoms with Gasteiger partial charge in [-0.2, -0.15) is 0 Å². The monoisotopic (exact) mass is 130 g/mol. The van der Waals surface area contributed by atoms with Crippen LogP contribution in [0.3, 0.4) is 0 Å². The predicted octanol–water partition coefficient (Wildman–Crippen LogP) is 0.551. The minimum atomic E-state index is 0.309. The van der Waals surface area contributed by atoms with Gasteiger partial charge in [0, 0.05) is 0 Å². The first-order valence-electron chi connectivity index (χ1n) is 2.39. The van der Waals surface area contributed by atoms with E-state index >= 15 is 0 Å². The van der Waals surface area contributed by atoms with Gasteiger partial charge in [-0.1, -0.05) is 12.7 Å². The van der Waals surface area contributed by atoms with Gasteiger partial charge in [0.25, 0.3) is 6.47 Å². The van der Waals surface area contributed by atoms with Gasteiger partial charge in [-0.05, 0) is 6.92 Å². The lowest BCUT2D eigenvalue weighted by Gasteiger charge is -1.82. The van der Waals surface area contributed by atoms with Gasteiger partial charge in [-0.3, -0.25) is 4.79 Å². The van der Waals surface area contributed by atoms with E-state index in [1.54, 1.807) is 0 Å². The van der Waals surface area contributed by atoms with E-state index in [0.29, 0.717) is 13.1 Å². The van der Waals surface area contributed by atoms with Crippen LogP contribution in [0, 0.1) is 0 Å². The summed E-state index contributed by atoms with van der Waals surface area (Å²) in [6.07, 6.45) is 2.26. The summed E-state index contributed by atoms with van der Waals surface area (Å²) < 4.78 is 4.18. The fourth-order valence-electron chi connectivity index (χ4n) is 0.107. The molecule has 0 rings (SSSR count). The highest BCUT2D eigenvalue weighted by Crippen LogP contribution is 1.62. The number of aldehydes is 1. The maximum atomic E-state index is 9.29. The number of rotatable bonds is 3. The molecule has 0 aromatic rings. The third-order valence-electron chi connectivity index (χ3n) is 0.282. The second-order valence-electron chi connectivity index (χ2n) is 0.954. The van der Waals surface area contributed by atoms with E-state index in [1.807, 2.05) is 0 Å². The van der Waals surface area contributed by atoms with E-state index in [1.165, 1.54) is 13.0 Å². The van der Waals surface area contributed by atoms with Gasteiger partial charge in [0.2, 0.25) is 0 Å². The molecule has 0 heterocycles. The Kier molecular flexibility index (Phi) is 18.9. The molecule has 0 N–H and O–H groups in total. The normalized spacial score (nSPS) is 5.89. The van der Waals surface area contributed by atoms with Crippen molar-refractivity contribution < 1.29 is 14.3 Å². The third-order valence-corrected chi connectivity index (χ3v) is 0.282. The first kappa shape index (κ1) is 10.8. The number of hydrogen-bond donors (Lipinski definition) is 0. The molecule has 0 unspecified atom stereocenters. The zero-order chi connectivity index (χ0) is 7.54. The SMILES string of the molecule is C=CCOC=O.CC=O. The van der Waals surface area contributed by atoms with Gasteiger partial charge < -0.3 is 9.53 Å². The van der Waals surface area contributed by atoms with Crippen LogP contribution in [-0.4, -0.2) is 19.4 Å². The molecule has 0 fully saturated rings. The quantitative estimate of drug-likeness (QED) is 0.318. The van der Waals surface area contributed by atoms with Crippen molar-refractivity contribution in [2.75, 3.05) is 6.61 Å². The van der Waals surface area contributed by atoms with Crippen molar-refractivity contribution in [1.82, 2.24) is 0 Å². The van der Waals surface area contributed by atoms with E-state index in [4.69, 9.17) is 4.79 Å². The second-order valence-corrected chi connectivity index (χ2v) is 0.954. The molecule has 0 saturated heterocycles. The fraction of sp³-hybridized carbons (Fsp3) is 0.333. The third kappa shape index (κ3) is 46.4. The maximum absolute atomic E-state index is 9.29. The minimum absolute atomic E-state index is 0.309. The van der Waals surface area contributed by atoms with E-state index in [0.717, 1.165) is 6.29 Å². The summed E-state index contributed by atoms with van der Waals surface area (Å²) in [5.74, 6) is 0. The highest BCUT2D eigenvalue weighted by molar-refractivity contribution is 5.44. The molecule has 0 aromatic heterocycles. The number of carbonyl (C=O) groups is 2. The van der Waals surface area contributed by atoms with Crippen LogP contribution in [0.15, 0.2) is 12.7 Å². The molecule has 0 aliphatic carbocycles. The van der Waals surface area contributed by atoms with E-state index in [2.05, 4.69) is 11.3 Å². The Balaban J connectivity index is 0. The molecule has 0 spiro atoms. The van der Waals surface area contributed by atoms with Gasteiger partial charge >= 0.3 is 0 Å². The van der Waals surface area contributed by atoms with Crippen LogP contribution in [0.25, 0.3) is 0 Å². The molecule has 3 heteroatoms. The van der Waals surface area contributed by atoms with Crippen LogP contribution < -0.4 is 0 Å². The Morgan fingerprint density at radius 2 is 2.00 bits per heavy atom. The van der Waals surface area contributed by atoms with E-state index < -0.39 is 0 Å². The number of ether oxygens (including phenoxy) is 1. The highest BCUT2D eigenvalue weighted by Gasteiger charge is 1.65. The molecule has 0 amide bonds. The maximum Gasteiger partial charge on any atom is 0.293 e. The van der Waals surface area contributed by atoms with Crippen molar-refractivity contribution in [3.63, 3.8) is 0 Å². The molecule has 0 aliphatic rings. The summed E-state index contributed by atoms with van der Waals surface area (Å²) in [6, 6.07) is 0. The molecule has 0 atom stereocenters. The average molecular weight is 130 g/mol. The summed E-state index contributed by atoms with van der Waals surface area (Å²) in [4.78, 5) is 18.1. The Bertz CT molecular complexity index is 70.4. The lowest BCUT2D eigenvalue weighted by atomic mass is 10.7. The van der Waals surface area contributed by atoms with Crippen LogP contribution >= 0.6 is 0 Å². The summed E-state index contributed by atoms with van der Waals surface area (Å²) in [7, 11) is 0. The van der Waals surface area contributed by atoms with Crippen LogP contribution in [0.5, 0.6) is 0 Å². The van der Waals surface area contributed by atoms with Crippen LogP contribution in [0.4, 0.5) is 0 Å². The molecule has 0 aliphatic heterocycles. The van der Waals surface area contributed by atoms with E-state index in [-0.39, 0.29) is 0 Å². The Hall–Kier alpha value is -1.12. The van der Waals surface area contributed by atoms with Crippen molar-refractivity contribution in [1.29, 1.82) is 0 Å². The van der Waals surface area contributed by atoms with E-state index in [9.17, 15) is 4.79 Å². The molecule has 9 heavy (non-hydrogen) atoms. The summed E-state index contributed by atoms with van der Waals surface area (Å²) >= 11 is 0.